The van der Waals surface area contributed by atoms with Crippen LogP contribution in [0.1, 0.15) is 5.56 Å². The van der Waals surface area contributed by atoms with Gasteiger partial charge in [-0.2, -0.15) is 8.42 Å². The summed E-state index contributed by atoms with van der Waals surface area (Å²) in [6.07, 6.45) is 0. The van der Waals surface area contributed by atoms with Crippen LogP contribution in [0.2, 0.25) is 0 Å². The molecule has 0 spiro atoms. The Bertz CT molecular complexity index is 442. The molecule has 0 aliphatic heterocycles. The van der Waals surface area contributed by atoms with Crippen LogP contribution < -0.4 is 9.88 Å². The van der Waals surface area contributed by atoms with E-state index in [0.29, 0.717) is 11.3 Å². The van der Waals surface area contributed by atoms with Crippen molar-refractivity contribution in [2.24, 2.45) is 5.14 Å². The van der Waals surface area contributed by atoms with Gasteiger partial charge in [0.05, 0.1) is 13.7 Å². The number of hydrogen-bond donors (Lipinski definition) is 2. The van der Waals surface area contributed by atoms with E-state index in [1.807, 2.05) is 0 Å². The first-order valence-corrected chi connectivity index (χ1v) is 5.42. The van der Waals surface area contributed by atoms with Crippen LogP contribution in [0.5, 0.6) is 11.5 Å². The van der Waals surface area contributed by atoms with Crippen molar-refractivity contribution >= 4 is 10.3 Å². The van der Waals surface area contributed by atoms with Gasteiger partial charge in [0, 0.05) is 11.6 Å². The van der Waals surface area contributed by atoms with Gasteiger partial charge in [-0.15, -0.1) is 0 Å². The van der Waals surface area contributed by atoms with Gasteiger partial charge in [0.1, 0.15) is 11.5 Å². The number of aromatic hydroxyl groups is 1. The van der Waals surface area contributed by atoms with Gasteiger partial charge in [0.25, 0.3) is 0 Å². The van der Waals surface area contributed by atoms with Crippen LogP contribution in [0.4, 0.5) is 0 Å². The first-order valence-electron chi connectivity index (χ1n) is 3.95. The molecule has 6 nitrogen and oxygen atoms in total. The Morgan fingerprint density at radius 2 is 2.13 bits per heavy atom. The first kappa shape index (κ1) is 11.8. The molecule has 3 N–H and O–H groups in total. The number of hydrogen-bond acceptors (Lipinski definition) is 5. The highest BCUT2D eigenvalue weighted by Crippen LogP contribution is 2.23. The molecule has 0 saturated heterocycles. The van der Waals surface area contributed by atoms with Crippen LogP contribution >= 0.6 is 0 Å². The summed E-state index contributed by atoms with van der Waals surface area (Å²) in [5.41, 5.74) is 0.310. The molecule has 15 heavy (non-hydrogen) atoms. The Labute approximate surface area is 87.5 Å². The second kappa shape index (κ2) is 4.47. The molecule has 1 aromatic rings. The largest absolute Gasteiger partial charge is 0.507 e. The Morgan fingerprint density at radius 1 is 1.47 bits per heavy atom. The molecule has 0 atom stereocenters. The molecule has 0 bridgehead atoms. The summed E-state index contributed by atoms with van der Waals surface area (Å²) in [4.78, 5) is 0. The standard InChI is InChI=1S/C8H11NO5S/c1-13-7-3-2-6(8(10)4-7)5-14-15(9,11)12/h2-4,10H,5H2,1H3,(H2,9,11,12). The van der Waals surface area contributed by atoms with E-state index < -0.39 is 10.3 Å². The quantitative estimate of drug-likeness (QED) is 0.769. The maximum Gasteiger partial charge on any atom is 0.333 e. The molecule has 0 heterocycles. The Hall–Kier alpha value is -1.31. The van der Waals surface area contributed by atoms with E-state index in [-0.39, 0.29) is 12.4 Å². The molecule has 7 heteroatoms. The van der Waals surface area contributed by atoms with Crippen LogP contribution in [0.25, 0.3) is 0 Å². The third kappa shape index (κ3) is 3.74. The molecule has 0 aromatic heterocycles. The minimum atomic E-state index is -4.00. The molecule has 1 aromatic carbocycles. The summed E-state index contributed by atoms with van der Waals surface area (Å²) in [6.45, 7) is -0.311. The first-order chi connectivity index (χ1) is 6.92. The van der Waals surface area contributed by atoms with Crippen LogP contribution in [-0.2, 0) is 21.1 Å². The number of phenolic OH excluding ortho intramolecular Hbond substituents is 1. The average Bonchev–Trinajstić information content (AvgIpc) is 2.14. The van der Waals surface area contributed by atoms with E-state index in [4.69, 9.17) is 4.74 Å². The summed E-state index contributed by atoms with van der Waals surface area (Å²) in [5, 5.41) is 14.1. The van der Waals surface area contributed by atoms with Crippen molar-refractivity contribution in [3.63, 3.8) is 0 Å². The second-order valence-corrected chi connectivity index (χ2v) is 3.97. The van der Waals surface area contributed by atoms with Crippen molar-refractivity contribution < 1.29 is 22.4 Å². The predicted molar refractivity (Wildman–Crippen MR) is 52.6 cm³/mol. The molecule has 0 fully saturated rings. The van der Waals surface area contributed by atoms with Crippen LogP contribution in [-0.4, -0.2) is 20.6 Å². The Balaban J connectivity index is 2.79. The maximum atomic E-state index is 10.5. The van der Waals surface area contributed by atoms with Crippen LogP contribution in [0.15, 0.2) is 18.2 Å². The highest BCUT2D eigenvalue weighted by molar-refractivity contribution is 7.84. The van der Waals surface area contributed by atoms with Gasteiger partial charge in [-0.25, -0.2) is 5.14 Å². The molecule has 0 aliphatic rings. The lowest BCUT2D eigenvalue weighted by Crippen LogP contribution is -2.15. The van der Waals surface area contributed by atoms with Crippen LogP contribution in [0.3, 0.4) is 0 Å². The van der Waals surface area contributed by atoms with Crippen molar-refractivity contribution in [2.45, 2.75) is 6.61 Å². The van der Waals surface area contributed by atoms with Gasteiger partial charge >= 0.3 is 10.3 Å². The number of phenols is 1. The van der Waals surface area contributed by atoms with E-state index in [1.54, 1.807) is 6.07 Å². The zero-order valence-electron chi connectivity index (χ0n) is 8.00. The molecule has 1 rings (SSSR count). The van der Waals surface area contributed by atoms with Crippen molar-refractivity contribution in [1.29, 1.82) is 0 Å². The molecule has 84 valence electrons. The third-order valence-electron chi connectivity index (χ3n) is 1.67. The number of rotatable bonds is 4. The minimum absolute atomic E-state index is 0.113. The van der Waals surface area contributed by atoms with E-state index >= 15 is 0 Å². The lowest BCUT2D eigenvalue weighted by molar-refractivity contribution is 0.301. The minimum Gasteiger partial charge on any atom is -0.507 e. The zero-order chi connectivity index (χ0) is 11.5. The summed E-state index contributed by atoms with van der Waals surface area (Å²) in [5.74, 6) is 0.352. The number of methoxy groups -OCH3 is 1. The van der Waals surface area contributed by atoms with Gasteiger partial charge in [-0.1, -0.05) is 0 Å². The van der Waals surface area contributed by atoms with Crippen molar-refractivity contribution in [1.82, 2.24) is 0 Å². The molecule has 0 saturated carbocycles. The number of benzene rings is 1. The van der Waals surface area contributed by atoms with Crippen molar-refractivity contribution in [2.75, 3.05) is 7.11 Å². The average molecular weight is 233 g/mol. The normalized spacial score (nSPS) is 11.3. The molecular formula is C8H11NO5S. The van der Waals surface area contributed by atoms with Gasteiger partial charge in [-0.3, -0.25) is 4.18 Å². The molecule has 0 amide bonds. The molecule has 0 unspecified atom stereocenters. The van der Waals surface area contributed by atoms with Gasteiger partial charge in [0.15, 0.2) is 0 Å². The fourth-order valence-corrected chi connectivity index (χ4v) is 1.23. The van der Waals surface area contributed by atoms with Crippen molar-refractivity contribution in [3.8, 4) is 11.5 Å². The Morgan fingerprint density at radius 3 is 2.60 bits per heavy atom. The predicted octanol–water partition coefficient (Wildman–Crippen LogP) is 0.121. The van der Waals surface area contributed by atoms with E-state index in [0.717, 1.165) is 0 Å². The summed E-state index contributed by atoms with van der Waals surface area (Å²) in [7, 11) is -2.54. The fourth-order valence-electron chi connectivity index (χ4n) is 0.938. The third-order valence-corrected chi connectivity index (χ3v) is 2.12. The summed E-state index contributed by atoms with van der Waals surface area (Å²) < 4.78 is 30.1. The van der Waals surface area contributed by atoms with Crippen LogP contribution in [0, 0.1) is 0 Å². The van der Waals surface area contributed by atoms with Gasteiger partial charge < -0.3 is 9.84 Å². The second-order valence-electron chi connectivity index (χ2n) is 2.75. The lowest BCUT2D eigenvalue weighted by atomic mass is 10.2. The summed E-state index contributed by atoms with van der Waals surface area (Å²) in [6, 6.07) is 4.41. The summed E-state index contributed by atoms with van der Waals surface area (Å²) >= 11 is 0. The maximum absolute atomic E-state index is 10.5. The fraction of sp³-hybridized carbons (Fsp3) is 0.250. The number of nitrogens with two attached hydrogens (primary N) is 1. The smallest absolute Gasteiger partial charge is 0.333 e. The van der Waals surface area contributed by atoms with E-state index in [2.05, 4.69) is 9.32 Å². The van der Waals surface area contributed by atoms with E-state index in [1.165, 1.54) is 19.2 Å². The monoisotopic (exact) mass is 233 g/mol. The number of ether oxygens (including phenoxy) is 1. The lowest BCUT2D eigenvalue weighted by Gasteiger charge is -2.06. The SMILES string of the molecule is COc1ccc(COS(N)(=O)=O)c(O)c1. The highest BCUT2D eigenvalue weighted by Gasteiger charge is 2.07. The van der Waals surface area contributed by atoms with Gasteiger partial charge in [-0.05, 0) is 12.1 Å². The van der Waals surface area contributed by atoms with Gasteiger partial charge in [0.2, 0.25) is 0 Å². The topological polar surface area (TPSA) is 98.9 Å². The highest BCUT2D eigenvalue weighted by atomic mass is 32.2. The Kier molecular flexibility index (Phi) is 3.51. The molecular weight excluding hydrogens is 222 g/mol. The van der Waals surface area contributed by atoms with E-state index in [9.17, 15) is 13.5 Å². The molecule has 0 aliphatic carbocycles. The van der Waals surface area contributed by atoms with Crippen molar-refractivity contribution in [3.05, 3.63) is 23.8 Å². The molecule has 0 radical (unpaired) electrons. The zero-order valence-corrected chi connectivity index (χ0v) is 8.82.